The number of hydrogen-bond acceptors (Lipinski definition) is 4. The van der Waals surface area contributed by atoms with Gasteiger partial charge in [0, 0.05) is 19.8 Å². The predicted octanol–water partition coefficient (Wildman–Crippen LogP) is 3.33. The summed E-state index contributed by atoms with van der Waals surface area (Å²) in [5, 5.41) is 13.0. The summed E-state index contributed by atoms with van der Waals surface area (Å²) in [6.45, 7) is 0.822. The Morgan fingerprint density at radius 3 is 2.57 bits per heavy atom. The molecule has 5 heteroatoms. The first-order valence-corrected chi connectivity index (χ1v) is 10.1. The summed E-state index contributed by atoms with van der Waals surface area (Å²) in [4.78, 5) is 19.0. The first-order chi connectivity index (χ1) is 13.6. The third kappa shape index (κ3) is 2.63. The number of hydrogen-bond donors (Lipinski definition) is 1. The van der Waals surface area contributed by atoms with Crippen molar-refractivity contribution in [3.05, 3.63) is 53.9 Å². The smallest absolute Gasteiger partial charge is 0.242 e. The van der Waals surface area contributed by atoms with Crippen LogP contribution in [-0.2, 0) is 10.2 Å². The van der Waals surface area contributed by atoms with Gasteiger partial charge >= 0.3 is 0 Å². The molecule has 1 amide bonds. The zero-order valence-corrected chi connectivity index (χ0v) is 16.1. The molecule has 5 nitrogen and oxygen atoms in total. The zero-order valence-electron chi connectivity index (χ0n) is 16.1. The lowest BCUT2D eigenvalue weighted by molar-refractivity contribution is -0.131. The number of amides is 1. The lowest BCUT2D eigenvalue weighted by Gasteiger charge is -2.23. The maximum atomic E-state index is 12.6. The number of benzene rings is 1. The fourth-order valence-electron chi connectivity index (χ4n) is 4.78. The molecule has 1 spiro atoms. The molecule has 142 valence electrons. The highest BCUT2D eigenvalue weighted by atomic mass is 16.2. The van der Waals surface area contributed by atoms with Gasteiger partial charge in [-0.3, -0.25) is 15.1 Å². The van der Waals surface area contributed by atoms with Crippen LogP contribution in [0.4, 0.5) is 0 Å². The van der Waals surface area contributed by atoms with Crippen LogP contribution >= 0.6 is 0 Å². The molecule has 1 unspecified atom stereocenters. The highest BCUT2D eigenvalue weighted by Crippen LogP contribution is 2.47. The second kappa shape index (κ2) is 6.15. The van der Waals surface area contributed by atoms with Gasteiger partial charge in [0.15, 0.2) is 0 Å². The highest BCUT2D eigenvalue weighted by molar-refractivity contribution is 5.88. The van der Waals surface area contributed by atoms with Crippen molar-refractivity contribution in [3.8, 4) is 17.2 Å². The Morgan fingerprint density at radius 1 is 1.14 bits per heavy atom. The summed E-state index contributed by atoms with van der Waals surface area (Å²) in [5.74, 6) is 0.216. The van der Waals surface area contributed by atoms with Crippen LogP contribution in [0.5, 0.6) is 0 Å². The van der Waals surface area contributed by atoms with Crippen LogP contribution in [0.3, 0.4) is 0 Å². The number of carbonyl (C=O) groups is 1. The van der Waals surface area contributed by atoms with Gasteiger partial charge in [-0.2, -0.15) is 5.26 Å². The Labute approximate surface area is 165 Å². The van der Waals surface area contributed by atoms with Gasteiger partial charge in [-0.15, -0.1) is 0 Å². The Balaban J connectivity index is 1.37. The summed E-state index contributed by atoms with van der Waals surface area (Å²) in [6.07, 6.45) is 6.46. The lowest BCUT2D eigenvalue weighted by Crippen LogP contribution is -2.47. The van der Waals surface area contributed by atoms with E-state index in [1.165, 1.54) is 0 Å². The van der Waals surface area contributed by atoms with Crippen molar-refractivity contribution in [2.45, 2.75) is 49.1 Å². The second-order valence-electron chi connectivity index (χ2n) is 8.54. The number of likely N-dealkylation sites (N-methyl/N-ethyl adjacent to an activating group) is 1. The Hall–Kier alpha value is -2.71. The quantitative estimate of drug-likeness (QED) is 0.897. The molecule has 1 N–H and O–H groups in total. The number of aromatic nitrogens is 1. The van der Waals surface area contributed by atoms with Crippen LogP contribution in [-0.4, -0.2) is 34.9 Å². The van der Waals surface area contributed by atoms with Crippen molar-refractivity contribution in [2.75, 3.05) is 13.6 Å². The van der Waals surface area contributed by atoms with Crippen molar-refractivity contribution in [1.29, 1.82) is 5.26 Å². The predicted molar refractivity (Wildman–Crippen MR) is 106 cm³/mol. The van der Waals surface area contributed by atoms with Crippen molar-refractivity contribution < 1.29 is 4.79 Å². The molecule has 1 saturated carbocycles. The van der Waals surface area contributed by atoms with Gasteiger partial charge in [-0.05, 0) is 60.9 Å². The van der Waals surface area contributed by atoms with Crippen molar-refractivity contribution in [2.24, 2.45) is 0 Å². The number of nitrogens with zero attached hydrogens (tertiary/aromatic N) is 3. The molecule has 5 rings (SSSR count). The number of carbonyl (C=O) groups excluding carboxylic acids is 1. The molecule has 2 aromatic rings. The summed E-state index contributed by atoms with van der Waals surface area (Å²) in [5.41, 5.74) is 3.73. The number of likely N-dealkylation sites (tertiary alicyclic amines) is 1. The zero-order chi connectivity index (χ0) is 19.4. The van der Waals surface area contributed by atoms with Crippen molar-refractivity contribution >= 4 is 5.91 Å². The summed E-state index contributed by atoms with van der Waals surface area (Å²) in [7, 11) is 1.88. The Morgan fingerprint density at radius 2 is 1.93 bits per heavy atom. The standard InChI is InChI=1S/C23H24N4O/c1-27-13-11-23(21(27)28)8-6-19(26-23)20-14-17(7-12-25-20)16-2-4-18(5-3-16)22(15-24)9-10-22/h2-5,7,12,14,19,26H,6,8-11,13H2,1H3/t19?,23-/m0/s1. The van der Waals surface area contributed by atoms with E-state index in [4.69, 9.17) is 0 Å². The minimum atomic E-state index is -0.394. The van der Waals surface area contributed by atoms with E-state index in [0.717, 1.165) is 61.0 Å². The van der Waals surface area contributed by atoms with E-state index in [2.05, 4.69) is 46.7 Å². The molecule has 3 fully saturated rings. The van der Waals surface area contributed by atoms with Gasteiger partial charge in [0.05, 0.1) is 23.2 Å². The Kier molecular flexibility index (Phi) is 3.82. The molecule has 2 atom stereocenters. The van der Waals surface area contributed by atoms with E-state index in [1.54, 1.807) is 0 Å². The first-order valence-electron chi connectivity index (χ1n) is 10.1. The third-order valence-electron chi connectivity index (χ3n) is 6.81. The van der Waals surface area contributed by atoms with Crippen LogP contribution in [0, 0.1) is 11.3 Å². The Bertz CT molecular complexity index is 973. The van der Waals surface area contributed by atoms with E-state index in [0.29, 0.717) is 0 Å². The van der Waals surface area contributed by atoms with Crippen LogP contribution < -0.4 is 5.32 Å². The van der Waals surface area contributed by atoms with Gasteiger partial charge in [0.25, 0.3) is 0 Å². The van der Waals surface area contributed by atoms with Gasteiger partial charge in [0.2, 0.25) is 5.91 Å². The molecule has 28 heavy (non-hydrogen) atoms. The van der Waals surface area contributed by atoms with Gasteiger partial charge in [0.1, 0.15) is 5.54 Å². The SMILES string of the molecule is CN1CC[C@@]2(CCC(c3cc(-c4ccc(C5(C#N)CC5)cc4)ccn3)N2)C1=O. The maximum absolute atomic E-state index is 12.6. The van der Waals surface area contributed by atoms with Crippen LogP contribution in [0.1, 0.15) is 49.4 Å². The number of nitrogens with one attached hydrogen (secondary N) is 1. The molecule has 3 heterocycles. The van der Waals surface area contributed by atoms with E-state index in [1.807, 2.05) is 24.2 Å². The number of pyridine rings is 1. The number of nitriles is 1. The van der Waals surface area contributed by atoms with Gasteiger partial charge in [-0.1, -0.05) is 24.3 Å². The highest BCUT2D eigenvalue weighted by Gasteiger charge is 2.50. The molecule has 1 aromatic carbocycles. The molecule has 0 bridgehead atoms. The van der Waals surface area contributed by atoms with E-state index in [9.17, 15) is 10.1 Å². The second-order valence-corrected chi connectivity index (χ2v) is 8.54. The lowest BCUT2D eigenvalue weighted by atomic mass is 9.95. The molecule has 1 aromatic heterocycles. The van der Waals surface area contributed by atoms with Crippen LogP contribution in [0.2, 0.25) is 0 Å². The topological polar surface area (TPSA) is 69.0 Å². The molecule has 2 saturated heterocycles. The fourth-order valence-corrected chi connectivity index (χ4v) is 4.78. The minimum Gasteiger partial charge on any atom is -0.344 e. The van der Waals surface area contributed by atoms with E-state index in [-0.39, 0.29) is 17.4 Å². The van der Waals surface area contributed by atoms with Gasteiger partial charge < -0.3 is 4.90 Å². The van der Waals surface area contributed by atoms with Crippen LogP contribution in [0.25, 0.3) is 11.1 Å². The fraction of sp³-hybridized carbons (Fsp3) is 0.435. The molecular formula is C23H24N4O. The maximum Gasteiger partial charge on any atom is 0.242 e. The normalized spacial score (nSPS) is 27.9. The van der Waals surface area contributed by atoms with E-state index >= 15 is 0 Å². The molecule has 2 aliphatic heterocycles. The summed E-state index contributed by atoms with van der Waals surface area (Å²) in [6, 6.07) is 15.1. The molecule has 1 aliphatic carbocycles. The largest absolute Gasteiger partial charge is 0.344 e. The average molecular weight is 372 g/mol. The van der Waals surface area contributed by atoms with Gasteiger partial charge in [-0.25, -0.2) is 0 Å². The van der Waals surface area contributed by atoms with Crippen molar-refractivity contribution in [1.82, 2.24) is 15.2 Å². The molecular weight excluding hydrogens is 348 g/mol. The average Bonchev–Trinajstić information content (AvgIpc) is 3.35. The van der Waals surface area contributed by atoms with Crippen molar-refractivity contribution in [3.63, 3.8) is 0 Å². The summed E-state index contributed by atoms with van der Waals surface area (Å²) >= 11 is 0. The molecule has 3 aliphatic rings. The first kappa shape index (κ1) is 17.4. The van der Waals surface area contributed by atoms with Crippen LogP contribution in [0.15, 0.2) is 42.6 Å². The number of rotatable bonds is 3. The monoisotopic (exact) mass is 372 g/mol. The summed E-state index contributed by atoms with van der Waals surface area (Å²) < 4.78 is 0. The van der Waals surface area contributed by atoms with E-state index < -0.39 is 5.54 Å². The minimum absolute atomic E-state index is 0.114. The third-order valence-corrected chi connectivity index (χ3v) is 6.81. The molecule has 0 radical (unpaired) electrons.